The molecule has 1 N–H and O–H groups in total. The summed E-state index contributed by atoms with van der Waals surface area (Å²) in [6.07, 6.45) is 0. The van der Waals surface area contributed by atoms with Gasteiger partial charge in [-0.05, 0) is 51.0 Å². The normalized spacial score (nSPS) is 11.6. The highest BCUT2D eigenvalue weighted by Crippen LogP contribution is 2.26. The van der Waals surface area contributed by atoms with E-state index < -0.39 is 14.9 Å². The first-order valence-corrected chi connectivity index (χ1v) is 10.5. The van der Waals surface area contributed by atoms with Gasteiger partial charge in [-0.1, -0.05) is 18.2 Å². The van der Waals surface area contributed by atoms with E-state index in [1.54, 1.807) is 18.5 Å². The molecule has 1 heterocycles. The molecule has 0 bridgehead atoms. The predicted molar refractivity (Wildman–Crippen MR) is 110 cm³/mol. The van der Waals surface area contributed by atoms with Gasteiger partial charge in [-0.25, -0.2) is 17.8 Å². The molecule has 0 spiro atoms. The van der Waals surface area contributed by atoms with E-state index in [1.807, 2.05) is 44.2 Å². The minimum Gasteiger partial charge on any atom is -0.258 e. The zero-order chi connectivity index (χ0) is 21.3. The average Bonchev–Trinajstić information content (AvgIpc) is 2.96. The Balaban J connectivity index is 1.93. The van der Waals surface area contributed by atoms with E-state index in [1.165, 1.54) is 6.07 Å². The molecule has 2 aromatic carbocycles. The molecule has 0 saturated carbocycles. The molecule has 29 heavy (non-hydrogen) atoms. The molecule has 0 aliphatic carbocycles. The Morgan fingerprint density at radius 3 is 2.38 bits per heavy atom. The smallest absolute Gasteiger partial charge is 0.258 e. The standard InChI is InChI=1S/C20H22N4O4S/c1-13-10-18(24(25)26)11-20(14(13)2)29(27,28)21-12-19-15(3)22-23(16(19)4)17-8-6-5-7-9-17/h5-11,21H,12H2,1-4H3. The van der Waals surface area contributed by atoms with Crippen molar-refractivity contribution in [2.45, 2.75) is 39.1 Å². The largest absolute Gasteiger partial charge is 0.271 e. The van der Waals surface area contributed by atoms with Gasteiger partial charge in [0.05, 0.1) is 21.2 Å². The molecule has 0 saturated heterocycles. The number of nitrogens with zero attached hydrogens (tertiary/aromatic N) is 3. The van der Waals surface area contributed by atoms with Crippen LogP contribution in [0, 0.1) is 37.8 Å². The summed E-state index contributed by atoms with van der Waals surface area (Å²) in [7, 11) is -3.95. The van der Waals surface area contributed by atoms with Crippen LogP contribution < -0.4 is 4.72 Å². The van der Waals surface area contributed by atoms with Gasteiger partial charge in [-0.15, -0.1) is 0 Å². The molecular formula is C20H22N4O4S. The molecule has 8 nitrogen and oxygen atoms in total. The quantitative estimate of drug-likeness (QED) is 0.491. The van der Waals surface area contributed by atoms with Crippen LogP contribution in [0.5, 0.6) is 0 Å². The monoisotopic (exact) mass is 414 g/mol. The maximum Gasteiger partial charge on any atom is 0.271 e. The number of nitro groups is 1. The van der Waals surface area contributed by atoms with Crippen molar-refractivity contribution < 1.29 is 13.3 Å². The minimum absolute atomic E-state index is 0.0357. The van der Waals surface area contributed by atoms with Crippen LogP contribution in [0.15, 0.2) is 47.4 Å². The number of non-ortho nitro benzene ring substituents is 1. The maximum absolute atomic E-state index is 12.9. The SMILES string of the molecule is Cc1cc([N+](=O)[O-])cc(S(=O)(=O)NCc2c(C)nn(-c3ccccc3)c2C)c1C. The number of hydrogen-bond acceptors (Lipinski definition) is 5. The van der Waals surface area contributed by atoms with Gasteiger partial charge in [0.2, 0.25) is 10.0 Å². The molecule has 0 radical (unpaired) electrons. The van der Waals surface area contributed by atoms with Crippen molar-refractivity contribution >= 4 is 15.7 Å². The third-order valence-electron chi connectivity index (χ3n) is 4.99. The van der Waals surface area contributed by atoms with Gasteiger partial charge in [0, 0.05) is 29.9 Å². The molecule has 0 fully saturated rings. The Morgan fingerprint density at radius 2 is 1.76 bits per heavy atom. The summed E-state index contributed by atoms with van der Waals surface area (Å²) >= 11 is 0. The Labute approximate surface area is 169 Å². The lowest BCUT2D eigenvalue weighted by molar-refractivity contribution is -0.385. The van der Waals surface area contributed by atoms with Crippen LogP contribution in [0.1, 0.15) is 28.1 Å². The predicted octanol–water partition coefficient (Wildman–Crippen LogP) is 3.49. The Morgan fingerprint density at radius 1 is 1.10 bits per heavy atom. The van der Waals surface area contributed by atoms with Crippen LogP contribution in [-0.4, -0.2) is 23.1 Å². The van der Waals surface area contributed by atoms with E-state index in [0.717, 1.165) is 23.0 Å². The van der Waals surface area contributed by atoms with Gasteiger partial charge in [0.25, 0.3) is 5.69 Å². The molecule has 1 aromatic heterocycles. The highest BCUT2D eigenvalue weighted by Gasteiger charge is 2.23. The minimum atomic E-state index is -3.95. The van der Waals surface area contributed by atoms with Gasteiger partial charge in [-0.2, -0.15) is 5.10 Å². The summed E-state index contributed by atoms with van der Waals surface area (Å²) in [6, 6.07) is 12.0. The molecule has 9 heteroatoms. The van der Waals surface area contributed by atoms with Crippen molar-refractivity contribution in [2.24, 2.45) is 0 Å². The first kappa shape index (κ1) is 20.7. The summed E-state index contributed by atoms with van der Waals surface area (Å²) in [4.78, 5) is 10.4. The third-order valence-corrected chi connectivity index (χ3v) is 6.51. The zero-order valence-corrected chi connectivity index (χ0v) is 17.4. The van der Waals surface area contributed by atoms with Crippen LogP contribution in [0.2, 0.25) is 0 Å². The van der Waals surface area contributed by atoms with E-state index in [-0.39, 0.29) is 17.1 Å². The fourth-order valence-electron chi connectivity index (χ4n) is 3.19. The van der Waals surface area contributed by atoms with E-state index >= 15 is 0 Å². The Bertz CT molecular complexity index is 1180. The first-order valence-electron chi connectivity index (χ1n) is 8.97. The summed E-state index contributed by atoms with van der Waals surface area (Å²) in [5.41, 5.74) is 3.95. The highest BCUT2D eigenvalue weighted by molar-refractivity contribution is 7.89. The topological polar surface area (TPSA) is 107 Å². The molecule has 152 valence electrons. The second kappa shape index (κ2) is 7.76. The van der Waals surface area contributed by atoms with Crippen LogP contribution in [0.25, 0.3) is 5.69 Å². The van der Waals surface area contributed by atoms with Crippen LogP contribution in [0.3, 0.4) is 0 Å². The highest BCUT2D eigenvalue weighted by atomic mass is 32.2. The molecule has 3 aromatic rings. The lowest BCUT2D eigenvalue weighted by Gasteiger charge is -2.12. The summed E-state index contributed by atoms with van der Waals surface area (Å²) in [5.74, 6) is 0. The first-order chi connectivity index (χ1) is 13.6. The van der Waals surface area contributed by atoms with E-state index in [9.17, 15) is 18.5 Å². The van der Waals surface area contributed by atoms with Crippen LogP contribution in [0.4, 0.5) is 5.69 Å². The fraction of sp³-hybridized carbons (Fsp3) is 0.250. The van der Waals surface area contributed by atoms with Gasteiger partial charge >= 0.3 is 0 Å². The molecule has 0 amide bonds. The number of aryl methyl sites for hydroxylation is 2. The number of benzene rings is 2. The van der Waals surface area contributed by atoms with Gasteiger partial charge in [0.15, 0.2) is 0 Å². The summed E-state index contributed by atoms with van der Waals surface area (Å²) < 4.78 is 30.1. The average molecular weight is 414 g/mol. The zero-order valence-electron chi connectivity index (χ0n) is 16.6. The number of sulfonamides is 1. The summed E-state index contributed by atoms with van der Waals surface area (Å²) in [6.45, 7) is 7.02. The van der Waals surface area contributed by atoms with Gasteiger partial charge in [0.1, 0.15) is 0 Å². The van der Waals surface area contributed by atoms with Crippen molar-refractivity contribution in [2.75, 3.05) is 0 Å². The van der Waals surface area contributed by atoms with Gasteiger partial charge < -0.3 is 0 Å². The van der Waals surface area contributed by atoms with Gasteiger partial charge in [-0.3, -0.25) is 10.1 Å². The second-order valence-electron chi connectivity index (χ2n) is 6.86. The van der Waals surface area contributed by atoms with E-state index in [0.29, 0.717) is 16.8 Å². The molecule has 0 unspecified atom stereocenters. The molecular weight excluding hydrogens is 392 g/mol. The lowest BCUT2D eigenvalue weighted by atomic mass is 10.1. The van der Waals surface area contributed by atoms with E-state index in [4.69, 9.17) is 0 Å². The number of aromatic nitrogens is 2. The van der Waals surface area contributed by atoms with Crippen molar-refractivity contribution in [3.05, 3.63) is 80.7 Å². The van der Waals surface area contributed by atoms with Crippen molar-refractivity contribution in [1.29, 1.82) is 0 Å². The molecule has 0 atom stereocenters. The van der Waals surface area contributed by atoms with E-state index in [2.05, 4.69) is 9.82 Å². The molecule has 3 rings (SSSR count). The number of nitro benzene ring substituents is 1. The van der Waals surface area contributed by atoms with Crippen molar-refractivity contribution in [3.63, 3.8) is 0 Å². The van der Waals surface area contributed by atoms with Crippen LogP contribution in [-0.2, 0) is 16.6 Å². The third kappa shape index (κ3) is 4.06. The maximum atomic E-state index is 12.9. The number of hydrogen-bond donors (Lipinski definition) is 1. The number of nitrogens with one attached hydrogen (secondary N) is 1. The Kier molecular flexibility index (Phi) is 5.54. The fourth-order valence-corrected chi connectivity index (χ4v) is 4.52. The van der Waals surface area contributed by atoms with Crippen LogP contribution >= 0.6 is 0 Å². The second-order valence-corrected chi connectivity index (χ2v) is 8.60. The number of para-hydroxylation sites is 1. The lowest BCUT2D eigenvalue weighted by Crippen LogP contribution is -2.25. The van der Waals surface area contributed by atoms with Crippen molar-refractivity contribution in [3.8, 4) is 5.69 Å². The van der Waals surface area contributed by atoms with Crippen molar-refractivity contribution in [1.82, 2.24) is 14.5 Å². The number of rotatable bonds is 6. The summed E-state index contributed by atoms with van der Waals surface area (Å²) in [5, 5.41) is 15.6. The molecule has 0 aliphatic heterocycles. The molecule has 0 aliphatic rings. The Hall–Kier alpha value is -3.04.